The minimum atomic E-state index is -0.843. The Bertz CT molecular complexity index is 1170. The predicted molar refractivity (Wildman–Crippen MR) is 101 cm³/mol. The van der Waals surface area contributed by atoms with Gasteiger partial charge in [0.05, 0.1) is 10.7 Å². The predicted octanol–water partition coefficient (Wildman–Crippen LogP) is 3.19. The Morgan fingerprint density at radius 2 is 1.93 bits per heavy atom. The van der Waals surface area contributed by atoms with E-state index in [1.807, 2.05) is 19.9 Å². The van der Waals surface area contributed by atoms with Crippen LogP contribution in [0.4, 0.5) is 10.1 Å². The molecule has 0 radical (unpaired) electrons. The van der Waals surface area contributed by atoms with Crippen LogP contribution < -0.4 is 16.6 Å². The third kappa shape index (κ3) is 3.54. The summed E-state index contributed by atoms with van der Waals surface area (Å²) in [4.78, 5) is 39.7. The molecule has 6 nitrogen and oxygen atoms in total. The number of anilines is 1. The fourth-order valence-electron chi connectivity index (χ4n) is 2.57. The number of hydrogen-bond acceptors (Lipinski definition) is 3. The Hall–Kier alpha value is -3.19. The first-order chi connectivity index (χ1) is 12.8. The summed E-state index contributed by atoms with van der Waals surface area (Å²) >= 11 is 5.73. The zero-order valence-corrected chi connectivity index (χ0v) is 15.2. The topological polar surface area (TPSA) is 84.0 Å². The van der Waals surface area contributed by atoms with Gasteiger partial charge in [0, 0.05) is 11.9 Å². The molecule has 2 N–H and O–H groups in total. The summed E-state index contributed by atoms with van der Waals surface area (Å²) in [5, 5.41) is 2.42. The van der Waals surface area contributed by atoms with Gasteiger partial charge >= 0.3 is 5.69 Å². The van der Waals surface area contributed by atoms with E-state index in [0.29, 0.717) is 5.69 Å². The Morgan fingerprint density at radius 3 is 2.63 bits per heavy atom. The second-order valence-electron chi connectivity index (χ2n) is 5.95. The molecule has 138 valence electrons. The maximum atomic E-state index is 13.4. The standard InChI is InChI=1S/C19H15ClFN3O3/c1-10-4-3-5-16(11(10)2)23-17(25)13-9-22-19(27)24(18(13)26)12-6-7-15(21)14(20)8-12/h3-9H,1-2H3,(H,22,27)(H,23,25). The van der Waals surface area contributed by atoms with Crippen LogP contribution in [0.3, 0.4) is 0 Å². The van der Waals surface area contributed by atoms with E-state index in [0.717, 1.165) is 34.0 Å². The van der Waals surface area contributed by atoms with Gasteiger partial charge < -0.3 is 10.3 Å². The fraction of sp³-hybridized carbons (Fsp3) is 0.105. The highest BCUT2D eigenvalue weighted by Gasteiger charge is 2.17. The zero-order chi connectivity index (χ0) is 19.7. The van der Waals surface area contributed by atoms with Gasteiger partial charge in [-0.25, -0.2) is 13.8 Å². The first-order valence-electron chi connectivity index (χ1n) is 7.97. The van der Waals surface area contributed by atoms with E-state index < -0.39 is 23.0 Å². The van der Waals surface area contributed by atoms with E-state index in [2.05, 4.69) is 10.3 Å². The molecule has 1 aromatic heterocycles. The molecule has 0 bridgehead atoms. The molecule has 27 heavy (non-hydrogen) atoms. The Kier molecular flexibility index (Phi) is 4.96. The number of H-pyrrole nitrogens is 1. The number of amides is 1. The average molecular weight is 388 g/mol. The molecule has 1 heterocycles. The van der Waals surface area contributed by atoms with Gasteiger partial charge in [0.15, 0.2) is 0 Å². The summed E-state index contributed by atoms with van der Waals surface area (Å²) in [7, 11) is 0. The van der Waals surface area contributed by atoms with Crippen molar-refractivity contribution in [1.82, 2.24) is 9.55 Å². The van der Waals surface area contributed by atoms with Crippen molar-refractivity contribution >= 4 is 23.2 Å². The molecule has 3 aromatic rings. The number of carbonyl (C=O) groups is 1. The van der Waals surface area contributed by atoms with Crippen LogP contribution in [0.2, 0.25) is 5.02 Å². The Morgan fingerprint density at radius 1 is 1.19 bits per heavy atom. The fourth-order valence-corrected chi connectivity index (χ4v) is 2.75. The summed E-state index contributed by atoms with van der Waals surface area (Å²) < 4.78 is 14.1. The summed E-state index contributed by atoms with van der Waals surface area (Å²) in [5.74, 6) is -1.36. The van der Waals surface area contributed by atoms with Gasteiger partial charge in [-0.3, -0.25) is 9.59 Å². The van der Waals surface area contributed by atoms with E-state index in [1.54, 1.807) is 12.1 Å². The second kappa shape index (κ2) is 7.20. The number of nitrogens with one attached hydrogen (secondary N) is 2. The molecule has 0 aliphatic heterocycles. The van der Waals surface area contributed by atoms with E-state index >= 15 is 0 Å². The van der Waals surface area contributed by atoms with Crippen LogP contribution in [0.15, 0.2) is 52.2 Å². The molecular formula is C19H15ClFN3O3. The molecule has 0 spiro atoms. The molecule has 3 rings (SSSR count). The lowest BCUT2D eigenvalue weighted by Gasteiger charge is -2.11. The average Bonchev–Trinajstić information content (AvgIpc) is 2.62. The number of rotatable bonds is 3. The van der Waals surface area contributed by atoms with Crippen molar-refractivity contribution in [2.45, 2.75) is 13.8 Å². The summed E-state index contributed by atoms with van der Waals surface area (Å²) in [6.07, 6.45) is 1.05. The van der Waals surface area contributed by atoms with Gasteiger partial charge in [-0.15, -0.1) is 0 Å². The number of aromatic amines is 1. The van der Waals surface area contributed by atoms with Gasteiger partial charge in [-0.2, -0.15) is 0 Å². The smallest absolute Gasteiger partial charge is 0.322 e. The molecule has 8 heteroatoms. The lowest BCUT2D eigenvalue weighted by atomic mass is 10.1. The van der Waals surface area contributed by atoms with E-state index in [1.165, 1.54) is 6.07 Å². The Balaban J connectivity index is 2.06. The maximum absolute atomic E-state index is 13.4. The summed E-state index contributed by atoms with van der Waals surface area (Å²) in [6, 6.07) is 8.79. The molecule has 0 atom stereocenters. The molecular weight excluding hydrogens is 373 g/mol. The normalized spacial score (nSPS) is 10.7. The van der Waals surface area contributed by atoms with Crippen molar-refractivity contribution in [2.24, 2.45) is 0 Å². The molecule has 0 aliphatic carbocycles. The minimum Gasteiger partial charge on any atom is -0.322 e. The van der Waals surface area contributed by atoms with Crippen LogP contribution in [0.25, 0.3) is 5.69 Å². The lowest BCUT2D eigenvalue weighted by Crippen LogP contribution is -2.38. The van der Waals surface area contributed by atoms with Crippen LogP contribution in [-0.2, 0) is 0 Å². The van der Waals surface area contributed by atoms with Gasteiger partial charge in [0.25, 0.3) is 11.5 Å². The van der Waals surface area contributed by atoms with Gasteiger partial charge in [-0.1, -0.05) is 23.7 Å². The van der Waals surface area contributed by atoms with Crippen LogP contribution in [-0.4, -0.2) is 15.5 Å². The van der Waals surface area contributed by atoms with Crippen LogP contribution in [0.5, 0.6) is 0 Å². The third-order valence-corrected chi connectivity index (χ3v) is 4.53. The second-order valence-corrected chi connectivity index (χ2v) is 6.36. The van der Waals surface area contributed by atoms with Crippen LogP contribution >= 0.6 is 11.6 Å². The van der Waals surface area contributed by atoms with Crippen LogP contribution in [0, 0.1) is 19.7 Å². The quantitative estimate of drug-likeness (QED) is 0.724. The molecule has 0 fully saturated rings. The number of carbonyl (C=O) groups excluding carboxylic acids is 1. The number of halogens is 2. The molecule has 0 aliphatic rings. The number of aromatic nitrogens is 2. The number of aryl methyl sites for hydroxylation is 1. The lowest BCUT2D eigenvalue weighted by molar-refractivity contribution is 0.102. The SMILES string of the molecule is Cc1cccc(NC(=O)c2c[nH]c(=O)n(-c3ccc(F)c(Cl)c3)c2=O)c1C. The molecule has 2 aromatic carbocycles. The van der Waals surface area contributed by atoms with Crippen molar-refractivity contribution in [3.8, 4) is 5.69 Å². The van der Waals surface area contributed by atoms with Gasteiger partial charge in [0.1, 0.15) is 11.4 Å². The van der Waals surface area contributed by atoms with Crippen molar-refractivity contribution < 1.29 is 9.18 Å². The van der Waals surface area contributed by atoms with Crippen molar-refractivity contribution in [1.29, 1.82) is 0 Å². The van der Waals surface area contributed by atoms with E-state index in [9.17, 15) is 18.8 Å². The van der Waals surface area contributed by atoms with Crippen molar-refractivity contribution in [2.75, 3.05) is 5.32 Å². The van der Waals surface area contributed by atoms with E-state index in [4.69, 9.17) is 11.6 Å². The van der Waals surface area contributed by atoms with Crippen molar-refractivity contribution in [3.05, 3.63) is 91.0 Å². The minimum absolute atomic E-state index is 0.0500. The highest BCUT2D eigenvalue weighted by atomic mass is 35.5. The Labute approximate surface area is 158 Å². The third-order valence-electron chi connectivity index (χ3n) is 4.24. The molecule has 0 saturated carbocycles. The van der Waals surface area contributed by atoms with Gasteiger partial charge in [0.2, 0.25) is 0 Å². The van der Waals surface area contributed by atoms with Crippen molar-refractivity contribution in [3.63, 3.8) is 0 Å². The molecule has 0 unspecified atom stereocenters. The largest absolute Gasteiger partial charge is 0.333 e. The monoisotopic (exact) mass is 387 g/mol. The number of benzene rings is 2. The summed E-state index contributed by atoms with van der Waals surface area (Å²) in [6.45, 7) is 3.74. The molecule has 1 amide bonds. The zero-order valence-electron chi connectivity index (χ0n) is 14.5. The first kappa shape index (κ1) is 18.6. The number of nitrogens with zero attached hydrogens (tertiary/aromatic N) is 1. The highest BCUT2D eigenvalue weighted by molar-refractivity contribution is 6.30. The van der Waals surface area contributed by atoms with Gasteiger partial charge in [-0.05, 0) is 49.2 Å². The van der Waals surface area contributed by atoms with Crippen LogP contribution in [0.1, 0.15) is 21.5 Å². The van der Waals surface area contributed by atoms with E-state index in [-0.39, 0.29) is 16.3 Å². The molecule has 0 saturated heterocycles. The first-order valence-corrected chi connectivity index (χ1v) is 8.35. The maximum Gasteiger partial charge on any atom is 0.333 e. The highest BCUT2D eigenvalue weighted by Crippen LogP contribution is 2.19. The number of hydrogen-bond donors (Lipinski definition) is 2. The summed E-state index contributed by atoms with van der Waals surface area (Å²) in [5.41, 5.74) is 0.565.